The van der Waals surface area contributed by atoms with Crippen LogP contribution in [0.3, 0.4) is 0 Å². The number of thiophene rings is 1. The normalized spacial score (nSPS) is 10.7. The van der Waals surface area contributed by atoms with Crippen LogP contribution in [0.1, 0.15) is 20.9 Å². The quantitative estimate of drug-likeness (QED) is 0.859. The molecule has 0 aliphatic carbocycles. The largest absolute Gasteiger partial charge is 0.502 e. The van der Waals surface area contributed by atoms with Gasteiger partial charge in [0.2, 0.25) is 5.75 Å². The van der Waals surface area contributed by atoms with Crippen LogP contribution >= 0.6 is 11.3 Å². The van der Waals surface area contributed by atoms with Gasteiger partial charge in [-0.25, -0.2) is 0 Å². The number of benzene rings is 1. The Labute approximate surface area is 129 Å². The second-order valence-corrected chi connectivity index (χ2v) is 6.25. The summed E-state index contributed by atoms with van der Waals surface area (Å²) in [5, 5.41) is 13.3. The molecule has 1 heterocycles. The molecule has 1 aromatic heterocycles. The molecule has 0 bridgehead atoms. The van der Waals surface area contributed by atoms with Crippen molar-refractivity contribution < 1.29 is 14.6 Å². The molecule has 5 heteroatoms. The van der Waals surface area contributed by atoms with Crippen molar-refractivity contribution in [2.24, 2.45) is 0 Å². The first kappa shape index (κ1) is 15.7. The van der Waals surface area contributed by atoms with Crippen LogP contribution in [-0.4, -0.2) is 19.3 Å². The van der Waals surface area contributed by atoms with Crippen LogP contribution in [0.15, 0.2) is 18.2 Å². The molecule has 2 N–H and O–H groups in total. The van der Waals surface area contributed by atoms with E-state index in [2.05, 4.69) is 25.2 Å². The smallest absolute Gasteiger partial charge is 0.200 e. The molecule has 0 unspecified atom stereocenters. The summed E-state index contributed by atoms with van der Waals surface area (Å²) in [6.07, 6.45) is 0. The zero-order valence-electron chi connectivity index (χ0n) is 12.8. The minimum atomic E-state index is 0.0354. The average molecular weight is 307 g/mol. The van der Waals surface area contributed by atoms with Crippen molar-refractivity contribution in [3.8, 4) is 17.2 Å². The van der Waals surface area contributed by atoms with Gasteiger partial charge < -0.3 is 19.9 Å². The van der Waals surface area contributed by atoms with Gasteiger partial charge in [0.15, 0.2) is 11.5 Å². The minimum absolute atomic E-state index is 0.0354. The van der Waals surface area contributed by atoms with Crippen molar-refractivity contribution in [1.82, 2.24) is 5.32 Å². The minimum Gasteiger partial charge on any atom is -0.502 e. The molecule has 0 fully saturated rings. The van der Waals surface area contributed by atoms with E-state index >= 15 is 0 Å². The van der Waals surface area contributed by atoms with Gasteiger partial charge in [0.1, 0.15) is 0 Å². The number of rotatable bonds is 6. The lowest BCUT2D eigenvalue weighted by molar-refractivity contribution is 0.339. The summed E-state index contributed by atoms with van der Waals surface area (Å²) in [7, 11) is 3.06. The number of phenolic OH excluding ortho intramolecular Hbond substituents is 1. The van der Waals surface area contributed by atoms with Crippen molar-refractivity contribution in [3.05, 3.63) is 39.1 Å². The molecule has 21 heavy (non-hydrogen) atoms. The molecule has 114 valence electrons. The van der Waals surface area contributed by atoms with Crippen molar-refractivity contribution in [3.63, 3.8) is 0 Å². The van der Waals surface area contributed by atoms with Gasteiger partial charge in [0, 0.05) is 22.8 Å². The predicted octanol–water partition coefficient (Wildman–Crippen LogP) is 3.38. The molecule has 2 aromatic rings. The van der Waals surface area contributed by atoms with Gasteiger partial charge in [0.05, 0.1) is 14.2 Å². The zero-order chi connectivity index (χ0) is 15.4. The maximum atomic E-state index is 9.88. The van der Waals surface area contributed by atoms with Gasteiger partial charge in [-0.2, -0.15) is 0 Å². The molecule has 0 spiro atoms. The number of nitrogens with one attached hydrogen (secondary N) is 1. The molecule has 0 atom stereocenters. The van der Waals surface area contributed by atoms with E-state index in [-0.39, 0.29) is 5.75 Å². The van der Waals surface area contributed by atoms with Gasteiger partial charge >= 0.3 is 0 Å². The molecule has 0 amide bonds. The third-order valence-electron chi connectivity index (χ3n) is 3.38. The van der Waals surface area contributed by atoms with Gasteiger partial charge in [-0.05, 0) is 43.2 Å². The molecule has 1 aromatic carbocycles. The Balaban J connectivity index is 2.02. The van der Waals surface area contributed by atoms with Crippen molar-refractivity contribution >= 4 is 11.3 Å². The van der Waals surface area contributed by atoms with E-state index in [0.29, 0.717) is 18.0 Å². The first-order valence-electron chi connectivity index (χ1n) is 6.75. The highest BCUT2D eigenvalue weighted by atomic mass is 32.1. The average Bonchev–Trinajstić information content (AvgIpc) is 2.79. The highest BCUT2D eigenvalue weighted by Crippen LogP contribution is 2.37. The van der Waals surface area contributed by atoms with Crippen LogP contribution < -0.4 is 14.8 Å². The van der Waals surface area contributed by atoms with E-state index in [1.54, 1.807) is 0 Å². The van der Waals surface area contributed by atoms with Gasteiger partial charge in [0.25, 0.3) is 0 Å². The lowest BCUT2D eigenvalue weighted by atomic mass is 10.2. The Bertz CT molecular complexity index is 577. The summed E-state index contributed by atoms with van der Waals surface area (Å²) in [4.78, 5) is 2.68. The number of ether oxygens (including phenoxy) is 2. The molecule has 4 nitrogen and oxygen atoms in total. The zero-order valence-corrected chi connectivity index (χ0v) is 13.6. The van der Waals surface area contributed by atoms with Crippen LogP contribution in [0.4, 0.5) is 0 Å². The number of phenols is 1. The summed E-state index contributed by atoms with van der Waals surface area (Å²) >= 11 is 1.82. The third-order valence-corrected chi connectivity index (χ3v) is 4.54. The monoisotopic (exact) mass is 307 g/mol. The fourth-order valence-corrected chi connectivity index (χ4v) is 3.14. The Morgan fingerprint density at radius 2 is 1.67 bits per heavy atom. The number of methoxy groups -OCH3 is 2. The van der Waals surface area contributed by atoms with Crippen molar-refractivity contribution in [2.75, 3.05) is 14.2 Å². The maximum absolute atomic E-state index is 9.88. The van der Waals surface area contributed by atoms with Crippen LogP contribution in [0.25, 0.3) is 0 Å². The van der Waals surface area contributed by atoms with E-state index in [9.17, 15) is 5.11 Å². The van der Waals surface area contributed by atoms with Crippen LogP contribution in [0, 0.1) is 13.8 Å². The highest BCUT2D eigenvalue weighted by Gasteiger charge is 2.11. The maximum Gasteiger partial charge on any atom is 0.200 e. The molecule has 0 radical (unpaired) electrons. The molecular formula is C16H21NO3S. The summed E-state index contributed by atoms with van der Waals surface area (Å²) in [5.41, 5.74) is 2.34. The summed E-state index contributed by atoms with van der Waals surface area (Å²) < 4.78 is 10.3. The van der Waals surface area contributed by atoms with Crippen molar-refractivity contribution in [2.45, 2.75) is 26.9 Å². The molecule has 0 saturated heterocycles. The fraction of sp³-hybridized carbons (Fsp3) is 0.375. The Morgan fingerprint density at radius 3 is 2.14 bits per heavy atom. The fourth-order valence-electron chi connectivity index (χ4n) is 2.12. The number of hydrogen-bond donors (Lipinski definition) is 2. The Morgan fingerprint density at radius 1 is 1.05 bits per heavy atom. The molecular weight excluding hydrogens is 286 g/mol. The van der Waals surface area contributed by atoms with Gasteiger partial charge in [-0.15, -0.1) is 11.3 Å². The number of aryl methyl sites for hydroxylation is 2. The van der Waals surface area contributed by atoms with Crippen LogP contribution in [0.2, 0.25) is 0 Å². The lowest BCUT2D eigenvalue weighted by Crippen LogP contribution is -2.12. The number of aromatic hydroxyl groups is 1. The van der Waals surface area contributed by atoms with Crippen LogP contribution in [0.5, 0.6) is 17.2 Å². The SMILES string of the molecule is COc1cc(CNCc2cc(C)c(C)s2)cc(OC)c1O. The van der Waals surface area contributed by atoms with E-state index in [4.69, 9.17) is 9.47 Å². The van der Waals surface area contributed by atoms with Crippen LogP contribution in [-0.2, 0) is 13.1 Å². The first-order chi connectivity index (χ1) is 10.0. The molecule has 0 aliphatic rings. The first-order valence-corrected chi connectivity index (χ1v) is 7.57. The second-order valence-electron chi connectivity index (χ2n) is 4.90. The van der Waals surface area contributed by atoms with Gasteiger partial charge in [-0.1, -0.05) is 0 Å². The van der Waals surface area contributed by atoms with Gasteiger partial charge in [-0.3, -0.25) is 0 Å². The standard InChI is InChI=1S/C16H21NO3S/c1-10-5-13(21-11(10)2)9-17-8-12-6-14(19-3)16(18)15(7-12)20-4/h5-7,17-18H,8-9H2,1-4H3. The molecule has 0 aliphatic heterocycles. The number of hydrogen-bond acceptors (Lipinski definition) is 5. The second kappa shape index (κ2) is 6.83. The topological polar surface area (TPSA) is 50.7 Å². The molecule has 2 rings (SSSR count). The summed E-state index contributed by atoms with van der Waals surface area (Å²) in [6.45, 7) is 5.78. The summed E-state index contributed by atoms with van der Waals surface area (Å²) in [6, 6.07) is 5.84. The Hall–Kier alpha value is -1.72. The van der Waals surface area contributed by atoms with Crippen molar-refractivity contribution in [1.29, 1.82) is 0 Å². The van der Waals surface area contributed by atoms with E-state index in [1.165, 1.54) is 29.5 Å². The van der Waals surface area contributed by atoms with E-state index in [1.807, 2.05) is 23.5 Å². The summed E-state index contributed by atoms with van der Waals surface area (Å²) in [5.74, 6) is 0.885. The van der Waals surface area contributed by atoms with E-state index in [0.717, 1.165) is 12.1 Å². The van der Waals surface area contributed by atoms with E-state index < -0.39 is 0 Å². The lowest BCUT2D eigenvalue weighted by Gasteiger charge is -2.11. The predicted molar refractivity (Wildman–Crippen MR) is 85.5 cm³/mol. The molecule has 0 saturated carbocycles. The highest BCUT2D eigenvalue weighted by molar-refractivity contribution is 7.12. The Kier molecular flexibility index (Phi) is 5.09. The third kappa shape index (κ3) is 3.68.